The van der Waals surface area contributed by atoms with Gasteiger partial charge in [0.2, 0.25) is 11.8 Å². The summed E-state index contributed by atoms with van der Waals surface area (Å²) in [5.74, 6) is -2.40. The van der Waals surface area contributed by atoms with Gasteiger partial charge in [-0.05, 0) is 26.2 Å². The highest BCUT2D eigenvalue weighted by Gasteiger charge is 2.20. The maximum Gasteiger partial charge on any atom is 0.326 e. The van der Waals surface area contributed by atoms with Crippen molar-refractivity contribution in [3.63, 3.8) is 0 Å². The molecule has 4 N–H and O–H groups in total. The molecule has 0 heterocycles. The number of ketones is 1. The minimum absolute atomic E-state index is 0.0105. The minimum Gasteiger partial charge on any atom is -0.481 e. The van der Waals surface area contributed by atoms with Gasteiger partial charge in [-0.2, -0.15) is 0 Å². The zero-order valence-electron chi connectivity index (χ0n) is 28.0. The first-order chi connectivity index (χ1) is 22.2. The number of nitrogens with one attached hydrogen (secondary N) is 2. The predicted octanol–water partition coefficient (Wildman–Crippen LogP) is 4.04. The van der Waals surface area contributed by atoms with Crippen LogP contribution in [0.25, 0.3) is 0 Å². The molecule has 1 atom stereocenters. The van der Waals surface area contributed by atoms with Crippen LogP contribution < -0.4 is 10.6 Å². The molecule has 0 bridgehead atoms. The van der Waals surface area contributed by atoms with Gasteiger partial charge in [0.05, 0.1) is 52.9 Å². The molecule has 0 fully saturated rings. The number of hydrogen-bond donors (Lipinski definition) is 4. The molecule has 0 aromatic rings. The lowest BCUT2D eigenvalue weighted by Crippen LogP contribution is -2.41. The number of ether oxygens (including phenoxy) is 4. The number of carboxylic acid groups (broad SMARTS) is 2. The van der Waals surface area contributed by atoms with Crippen LogP contribution in [0.2, 0.25) is 0 Å². The third kappa shape index (κ3) is 32.8. The molecule has 0 aromatic carbocycles. The monoisotopic (exact) mass is 660 g/mol. The van der Waals surface area contributed by atoms with Gasteiger partial charge in [-0.15, -0.1) is 0 Å². The Bertz CT molecular complexity index is 810. The molecule has 0 saturated heterocycles. The van der Waals surface area contributed by atoms with Crippen molar-refractivity contribution in [1.29, 1.82) is 0 Å². The van der Waals surface area contributed by atoms with E-state index in [-0.39, 0.29) is 49.8 Å². The molecule has 13 nitrogen and oxygen atoms in total. The first-order valence-electron chi connectivity index (χ1n) is 17.0. The minimum atomic E-state index is -1.16. The zero-order chi connectivity index (χ0) is 34.1. The third-order valence-corrected chi connectivity index (χ3v) is 7.12. The molecule has 0 saturated carbocycles. The molecule has 0 radical (unpaired) electrons. The third-order valence-electron chi connectivity index (χ3n) is 7.12. The first-order valence-corrected chi connectivity index (χ1v) is 17.0. The second kappa shape index (κ2) is 32.3. The van der Waals surface area contributed by atoms with Gasteiger partial charge in [0.1, 0.15) is 11.8 Å². The van der Waals surface area contributed by atoms with Crippen LogP contribution in [-0.2, 0) is 42.9 Å². The average Bonchev–Trinajstić information content (AvgIpc) is 3.00. The summed E-state index contributed by atoms with van der Waals surface area (Å²) in [6, 6.07) is -1.10. The maximum atomic E-state index is 12.2. The number of carbonyl (C=O) groups is 5. The van der Waals surface area contributed by atoms with E-state index in [1.54, 1.807) is 0 Å². The summed E-state index contributed by atoms with van der Waals surface area (Å²) in [4.78, 5) is 57.1. The average molecular weight is 661 g/mol. The van der Waals surface area contributed by atoms with Crippen LogP contribution in [0.4, 0.5) is 0 Å². The van der Waals surface area contributed by atoms with Gasteiger partial charge in [-0.3, -0.25) is 19.2 Å². The Labute approximate surface area is 274 Å². The van der Waals surface area contributed by atoms with E-state index in [0.717, 1.165) is 51.4 Å². The molecular weight excluding hydrogens is 600 g/mol. The summed E-state index contributed by atoms with van der Waals surface area (Å²) < 4.78 is 21.4. The van der Waals surface area contributed by atoms with Gasteiger partial charge < -0.3 is 39.8 Å². The number of unbranched alkanes of at least 4 members (excludes halogenated alkanes) is 11. The smallest absolute Gasteiger partial charge is 0.326 e. The number of carbonyl (C=O) groups excluding carboxylic acids is 3. The Morgan fingerprint density at radius 3 is 1.41 bits per heavy atom. The Kier molecular flexibility index (Phi) is 30.5. The molecule has 0 spiro atoms. The number of carboxylic acids is 2. The molecule has 268 valence electrons. The Morgan fingerprint density at radius 1 is 0.522 bits per heavy atom. The summed E-state index contributed by atoms with van der Waals surface area (Å²) in [5, 5.41) is 23.3. The van der Waals surface area contributed by atoms with E-state index in [2.05, 4.69) is 10.6 Å². The molecule has 0 aliphatic rings. The maximum absolute atomic E-state index is 12.2. The SMILES string of the molecule is CC(=O)CCOCCOCCOCCOCCNC(=O)CC[C@H](NC(=O)CCCCCCCCCCCCCCC(=O)O)C(=O)O. The lowest BCUT2D eigenvalue weighted by atomic mass is 10.0. The van der Waals surface area contributed by atoms with E-state index >= 15 is 0 Å². The van der Waals surface area contributed by atoms with E-state index in [4.69, 9.17) is 24.1 Å². The molecule has 0 aliphatic carbocycles. The lowest BCUT2D eigenvalue weighted by Gasteiger charge is -2.14. The van der Waals surface area contributed by atoms with Crippen molar-refractivity contribution in [3.05, 3.63) is 0 Å². The number of amides is 2. The Morgan fingerprint density at radius 2 is 0.957 bits per heavy atom. The molecule has 0 aromatic heterocycles. The highest BCUT2D eigenvalue weighted by Crippen LogP contribution is 2.13. The summed E-state index contributed by atoms with van der Waals surface area (Å²) in [6.07, 6.45) is 13.4. The van der Waals surface area contributed by atoms with Crippen LogP contribution >= 0.6 is 0 Å². The van der Waals surface area contributed by atoms with Gasteiger partial charge in [0.15, 0.2) is 0 Å². The van der Waals surface area contributed by atoms with Crippen molar-refractivity contribution in [2.24, 2.45) is 0 Å². The van der Waals surface area contributed by atoms with Crippen molar-refractivity contribution in [1.82, 2.24) is 10.6 Å². The summed E-state index contributed by atoms with van der Waals surface area (Å²) in [6.45, 7) is 4.94. The van der Waals surface area contributed by atoms with E-state index < -0.39 is 18.0 Å². The van der Waals surface area contributed by atoms with Crippen LogP contribution in [0.15, 0.2) is 0 Å². The molecular formula is C33H60N2O11. The van der Waals surface area contributed by atoms with Gasteiger partial charge in [-0.1, -0.05) is 64.2 Å². The molecule has 0 aliphatic heterocycles. The normalized spacial score (nSPS) is 11.7. The fraction of sp³-hybridized carbons (Fsp3) is 0.848. The molecule has 2 amide bonds. The molecule has 0 rings (SSSR count). The predicted molar refractivity (Wildman–Crippen MR) is 173 cm³/mol. The van der Waals surface area contributed by atoms with Crippen molar-refractivity contribution < 1.29 is 53.1 Å². The number of Topliss-reactive ketones (excluding diaryl/α,β-unsaturated/α-hetero) is 1. The van der Waals surface area contributed by atoms with Crippen molar-refractivity contribution in [3.8, 4) is 0 Å². The summed E-state index contributed by atoms with van der Waals surface area (Å²) in [7, 11) is 0. The molecule has 46 heavy (non-hydrogen) atoms. The number of aliphatic carboxylic acids is 2. The highest BCUT2D eigenvalue weighted by atomic mass is 16.6. The van der Waals surface area contributed by atoms with Gasteiger partial charge in [0.25, 0.3) is 0 Å². The highest BCUT2D eigenvalue weighted by molar-refractivity contribution is 5.84. The summed E-state index contributed by atoms with van der Waals surface area (Å²) >= 11 is 0. The zero-order valence-corrected chi connectivity index (χ0v) is 28.0. The van der Waals surface area contributed by atoms with Crippen LogP contribution in [0.3, 0.4) is 0 Å². The van der Waals surface area contributed by atoms with Crippen LogP contribution in [-0.4, -0.2) is 105 Å². The number of rotatable bonds is 35. The summed E-state index contributed by atoms with van der Waals surface area (Å²) in [5.41, 5.74) is 0. The fourth-order valence-electron chi connectivity index (χ4n) is 4.46. The second-order valence-electron chi connectivity index (χ2n) is 11.4. The quantitative estimate of drug-likeness (QED) is 0.0719. The van der Waals surface area contributed by atoms with E-state index in [1.807, 2.05) is 0 Å². The largest absolute Gasteiger partial charge is 0.481 e. The van der Waals surface area contributed by atoms with E-state index in [1.165, 1.54) is 26.2 Å². The van der Waals surface area contributed by atoms with Crippen molar-refractivity contribution >= 4 is 29.5 Å². The Hall–Kier alpha value is -2.61. The lowest BCUT2D eigenvalue weighted by molar-refractivity contribution is -0.142. The number of hydrogen-bond acceptors (Lipinski definition) is 9. The van der Waals surface area contributed by atoms with Crippen molar-refractivity contribution in [2.75, 3.05) is 59.4 Å². The van der Waals surface area contributed by atoms with Crippen LogP contribution in [0.1, 0.15) is 116 Å². The topological polar surface area (TPSA) is 187 Å². The standard InChI is InChI=1S/C33H60N2O11/c1-28(36)18-20-43-22-24-45-26-27-46-25-23-44-21-19-34-30(37)17-16-29(33(41)42)35-31(38)14-12-10-8-6-4-2-3-5-7-9-11-13-15-32(39)40/h29H,2-27H2,1H3,(H,34,37)(H,35,38)(H,39,40)(H,41,42)/t29-/m0/s1. The van der Waals surface area contributed by atoms with Gasteiger partial charge >= 0.3 is 11.9 Å². The fourth-order valence-corrected chi connectivity index (χ4v) is 4.46. The van der Waals surface area contributed by atoms with Crippen molar-refractivity contribution in [2.45, 2.75) is 122 Å². The van der Waals surface area contributed by atoms with E-state index in [9.17, 15) is 29.1 Å². The van der Waals surface area contributed by atoms with Gasteiger partial charge in [0, 0.05) is 32.2 Å². The van der Waals surface area contributed by atoms with E-state index in [0.29, 0.717) is 65.7 Å². The molecule has 0 unspecified atom stereocenters. The first kappa shape index (κ1) is 43.4. The Balaban J connectivity index is 3.63. The second-order valence-corrected chi connectivity index (χ2v) is 11.4. The molecule has 13 heteroatoms. The van der Waals surface area contributed by atoms with Crippen LogP contribution in [0, 0.1) is 0 Å². The van der Waals surface area contributed by atoms with Crippen LogP contribution in [0.5, 0.6) is 0 Å². The van der Waals surface area contributed by atoms with Gasteiger partial charge in [-0.25, -0.2) is 4.79 Å².